The van der Waals surface area contributed by atoms with Crippen molar-refractivity contribution in [3.05, 3.63) is 35.6 Å². The number of methoxy groups -OCH3 is 1. The van der Waals surface area contributed by atoms with Gasteiger partial charge >= 0.3 is 0 Å². The first-order chi connectivity index (χ1) is 10.2. The van der Waals surface area contributed by atoms with Gasteiger partial charge in [-0.15, -0.1) is 0 Å². The first-order valence-electron chi connectivity index (χ1n) is 6.82. The SMILES string of the molecule is COc1ccc(C(=O)NC(C)c2nc(C3CC3)no2)cn1. The van der Waals surface area contributed by atoms with Crippen molar-refractivity contribution in [2.75, 3.05) is 7.11 Å². The maximum absolute atomic E-state index is 12.1. The van der Waals surface area contributed by atoms with Crippen LogP contribution in [0, 0.1) is 0 Å². The predicted octanol–water partition coefficient (Wildman–Crippen LogP) is 1.84. The molecule has 1 atom stereocenters. The Bertz CT molecular complexity index is 634. The van der Waals surface area contributed by atoms with Crippen molar-refractivity contribution in [3.8, 4) is 5.88 Å². The number of nitrogens with one attached hydrogen (secondary N) is 1. The van der Waals surface area contributed by atoms with Crippen molar-refractivity contribution >= 4 is 5.91 Å². The summed E-state index contributed by atoms with van der Waals surface area (Å²) in [5.74, 6) is 1.80. The topological polar surface area (TPSA) is 90.1 Å². The smallest absolute Gasteiger partial charge is 0.253 e. The largest absolute Gasteiger partial charge is 0.481 e. The molecule has 110 valence electrons. The summed E-state index contributed by atoms with van der Waals surface area (Å²) in [4.78, 5) is 20.4. The summed E-state index contributed by atoms with van der Waals surface area (Å²) in [7, 11) is 1.52. The molecule has 7 heteroatoms. The van der Waals surface area contributed by atoms with Gasteiger partial charge in [0.05, 0.1) is 12.7 Å². The molecule has 0 radical (unpaired) electrons. The summed E-state index contributed by atoms with van der Waals surface area (Å²) in [5.41, 5.74) is 0.449. The Labute approximate surface area is 121 Å². The van der Waals surface area contributed by atoms with E-state index in [1.165, 1.54) is 13.3 Å². The van der Waals surface area contributed by atoms with Crippen molar-refractivity contribution in [3.63, 3.8) is 0 Å². The second-order valence-corrected chi connectivity index (χ2v) is 5.05. The number of ether oxygens (including phenoxy) is 1. The van der Waals surface area contributed by atoms with Gasteiger partial charge in [-0.2, -0.15) is 4.98 Å². The fourth-order valence-corrected chi connectivity index (χ4v) is 1.91. The number of aromatic nitrogens is 3. The lowest BCUT2D eigenvalue weighted by Gasteiger charge is -2.09. The highest BCUT2D eigenvalue weighted by molar-refractivity contribution is 5.94. The molecule has 0 saturated heterocycles. The maximum atomic E-state index is 12.1. The van der Waals surface area contributed by atoms with E-state index in [4.69, 9.17) is 9.26 Å². The van der Waals surface area contributed by atoms with Crippen LogP contribution in [0.5, 0.6) is 5.88 Å². The van der Waals surface area contributed by atoms with E-state index in [-0.39, 0.29) is 11.9 Å². The molecule has 2 aromatic heterocycles. The van der Waals surface area contributed by atoms with E-state index in [1.807, 2.05) is 0 Å². The minimum Gasteiger partial charge on any atom is -0.481 e. The minimum atomic E-state index is -0.348. The summed E-state index contributed by atoms with van der Waals surface area (Å²) in [6.07, 6.45) is 3.68. The molecule has 1 amide bonds. The van der Waals surface area contributed by atoms with Crippen molar-refractivity contribution in [1.82, 2.24) is 20.4 Å². The van der Waals surface area contributed by atoms with E-state index >= 15 is 0 Å². The van der Waals surface area contributed by atoms with E-state index in [1.54, 1.807) is 19.1 Å². The van der Waals surface area contributed by atoms with Crippen LogP contribution in [-0.2, 0) is 0 Å². The lowest BCUT2D eigenvalue weighted by Crippen LogP contribution is -2.27. The number of hydrogen-bond donors (Lipinski definition) is 1. The van der Waals surface area contributed by atoms with E-state index in [2.05, 4.69) is 20.4 Å². The fourth-order valence-electron chi connectivity index (χ4n) is 1.91. The molecule has 0 spiro atoms. The minimum absolute atomic E-state index is 0.246. The Hall–Kier alpha value is -2.44. The molecule has 0 aliphatic heterocycles. The zero-order valence-corrected chi connectivity index (χ0v) is 11.9. The van der Waals surface area contributed by atoms with E-state index in [0.29, 0.717) is 23.3 Å². The van der Waals surface area contributed by atoms with Gasteiger partial charge in [-0.25, -0.2) is 4.98 Å². The van der Waals surface area contributed by atoms with Gasteiger partial charge in [-0.1, -0.05) is 5.16 Å². The molecule has 21 heavy (non-hydrogen) atoms. The van der Waals surface area contributed by atoms with Crippen LogP contribution in [0.25, 0.3) is 0 Å². The van der Waals surface area contributed by atoms with Gasteiger partial charge in [0.2, 0.25) is 11.8 Å². The quantitative estimate of drug-likeness (QED) is 0.902. The Kier molecular flexibility index (Phi) is 3.55. The van der Waals surface area contributed by atoms with Gasteiger partial charge < -0.3 is 14.6 Å². The Balaban J connectivity index is 1.64. The third-order valence-corrected chi connectivity index (χ3v) is 3.33. The number of carbonyl (C=O) groups excluding carboxylic acids is 1. The first-order valence-corrected chi connectivity index (χ1v) is 6.82. The Morgan fingerprint density at radius 3 is 2.90 bits per heavy atom. The molecule has 1 fully saturated rings. The van der Waals surface area contributed by atoms with Crippen LogP contribution in [-0.4, -0.2) is 28.1 Å². The van der Waals surface area contributed by atoms with Crippen molar-refractivity contribution < 1.29 is 14.1 Å². The Morgan fingerprint density at radius 1 is 1.48 bits per heavy atom. The highest BCUT2D eigenvalue weighted by atomic mass is 16.5. The molecule has 2 heterocycles. The van der Waals surface area contributed by atoms with Crippen LogP contribution >= 0.6 is 0 Å². The average Bonchev–Trinajstić information content (AvgIpc) is 3.24. The van der Waals surface area contributed by atoms with Gasteiger partial charge in [0.1, 0.15) is 6.04 Å². The van der Waals surface area contributed by atoms with Gasteiger partial charge in [-0.05, 0) is 25.8 Å². The molecule has 7 nitrogen and oxygen atoms in total. The lowest BCUT2D eigenvalue weighted by atomic mass is 10.2. The molecule has 2 aromatic rings. The number of nitrogens with zero attached hydrogens (tertiary/aromatic N) is 3. The lowest BCUT2D eigenvalue weighted by molar-refractivity contribution is 0.0932. The van der Waals surface area contributed by atoms with Crippen molar-refractivity contribution in [1.29, 1.82) is 0 Å². The summed E-state index contributed by atoms with van der Waals surface area (Å²) >= 11 is 0. The molecule has 0 aromatic carbocycles. The number of amides is 1. The molecule has 1 aliphatic rings. The summed E-state index contributed by atoms with van der Waals surface area (Å²) < 4.78 is 10.1. The second kappa shape index (κ2) is 5.51. The molecule has 3 rings (SSSR count). The van der Waals surface area contributed by atoms with Crippen LogP contribution in [0.15, 0.2) is 22.9 Å². The predicted molar refractivity (Wildman–Crippen MR) is 72.9 cm³/mol. The van der Waals surface area contributed by atoms with E-state index in [9.17, 15) is 4.79 Å². The van der Waals surface area contributed by atoms with Gasteiger partial charge in [0, 0.05) is 18.2 Å². The van der Waals surface area contributed by atoms with Crippen LogP contribution in [0.3, 0.4) is 0 Å². The van der Waals surface area contributed by atoms with Crippen LogP contribution in [0.4, 0.5) is 0 Å². The highest BCUT2D eigenvalue weighted by Crippen LogP contribution is 2.38. The molecule has 1 saturated carbocycles. The van der Waals surface area contributed by atoms with Crippen LogP contribution < -0.4 is 10.1 Å². The summed E-state index contributed by atoms with van der Waals surface area (Å²) in [6.45, 7) is 1.80. The molecule has 1 unspecified atom stereocenters. The molecular weight excluding hydrogens is 272 g/mol. The highest BCUT2D eigenvalue weighted by Gasteiger charge is 2.29. The number of rotatable bonds is 5. The monoisotopic (exact) mass is 288 g/mol. The Morgan fingerprint density at radius 2 is 2.29 bits per heavy atom. The number of hydrogen-bond acceptors (Lipinski definition) is 6. The normalized spacial score (nSPS) is 15.5. The average molecular weight is 288 g/mol. The molecule has 1 aliphatic carbocycles. The third kappa shape index (κ3) is 3.01. The third-order valence-electron chi connectivity index (χ3n) is 3.33. The maximum Gasteiger partial charge on any atom is 0.253 e. The van der Waals surface area contributed by atoms with Crippen molar-refractivity contribution in [2.24, 2.45) is 0 Å². The van der Waals surface area contributed by atoms with E-state index < -0.39 is 0 Å². The van der Waals surface area contributed by atoms with Crippen LogP contribution in [0.1, 0.15) is 53.8 Å². The van der Waals surface area contributed by atoms with Crippen molar-refractivity contribution in [2.45, 2.75) is 31.7 Å². The molecular formula is C14H16N4O3. The number of carbonyl (C=O) groups is 1. The van der Waals surface area contributed by atoms with Gasteiger partial charge in [-0.3, -0.25) is 4.79 Å². The summed E-state index contributed by atoms with van der Waals surface area (Å²) in [5, 5.41) is 6.74. The zero-order chi connectivity index (χ0) is 14.8. The standard InChI is InChI=1S/C14H16N4O3/c1-8(14-17-12(18-21-14)9-3-4-9)16-13(19)10-5-6-11(20-2)15-7-10/h5-9H,3-4H2,1-2H3,(H,16,19). The zero-order valence-electron chi connectivity index (χ0n) is 11.9. The van der Waals surface area contributed by atoms with Gasteiger partial charge in [0.15, 0.2) is 5.82 Å². The number of pyridine rings is 1. The first kappa shape index (κ1) is 13.5. The summed E-state index contributed by atoms with van der Waals surface area (Å²) in [6, 6.07) is 2.94. The van der Waals surface area contributed by atoms with Gasteiger partial charge in [0.25, 0.3) is 5.91 Å². The second-order valence-electron chi connectivity index (χ2n) is 5.05. The fraction of sp³-hybridized carbons (Fsp3) is 0.429. The molecule has 1 N–H and O–H groups in total. The van der Waals surface area contributed by atoms with Crippen LogP contribution in [0.2, 0.25) is 0 Å². The van der Waals surface area contributed by atoms with E-state index in [0.717, 1.165) is 18.7 Å². The molecule has 0 bridgehead atoms.